The van der Waals surface area contributed by atoms with Gasteiger partial charge in [-0.05, 0) is 29.8 Å². The Morgan fingerprint density at radius 3 is 2.52 bits per heavy atom. The molecule has 0 spiro atoms. The third kappa shape index (κ3) is 3.78. The number of anilines is 1. The van der Waals surface area contributed by atoms with Gasteiger partial charge in [0.1, 0.15) is 4.70 Å². The van der Waals surface area contributed by atoms with Crippen LogP contribution in [0.4, 0.5) is 18.9 Å². The average molecular weight is 429 g/mol. The topological polar surface area (TPSA) is 84.8 Å². The van der Waals surface area contributed by atoms with Gasteiger partial charge in [-0.15, -0.1) is 0 Å². The Labute approximate surface area is 152 Å². The fourth-order valence-corrected chi connectivity index (χ4v) is 4.47. The number of nitrogens with one attached hydrogen (secondary N) is 1. The molecule has 0 saturated heterocycles. The SMILES string of the molecule is O=S(=O)(Nc1cccc(C(F)(F)F)c1)c1nc2nc(Cl)nc(Cl)c2s1. The molecule has 2 aromatic heterocycles. The lowest BCUT2D eigenvalue weighted by molar-refractivity contribution is -0.137. The zero-order chi connectivity index (χ0) is 18.4. The monoisotopic (exact) mass is 428 g/mol. The van der Waals surface area contributed by atoms with Crippen LogP contribution in [0.15, 0.2) is 28.6 Å². The van der Waals surface area contributed by atoms with Gasteiger partial charge < -0.3 is 0 Å². The van der Waals surface area contributed by atoms with E-state index < -0.39 is 26.1 Å². The third-order valence-corrected chi connectivity index (χ3v) is 6.20. The van der Waals surface area contributed by atoms with Crippen LogP contribution in [0.25, 0.3) is 10.3 Å². The maximum atomic E-state index is 12.7. The van der Waals surface area contributed by atoms with Crippen molar-refractivity contribution in [2.75, 3.05) is 4.72 Å². The van der Waals surface area contributed by atoms with Gasteiger partial charge in [0, 0.05) is 5.69 Å². The second-order valence-corrected chi connectivity index (χ2v) is 8.15. The number of halogens is 5. The highest BCUT2D eigenvalue weighted by molar-refractivity contribution is 7.94. The first kappa shape index (κ1) is 18.1. The lowest BCUT2D eigenvalue weighted by Crippen LogP contribution is -2.13. The molecule has 0 radical (unpaired) electrons. The molecule has 1 aromatic carbocycles. The fraction of sp³-hybridized carbons (Fsp3) is 0.0833. The summed E-state index contributed by atoms with van der Waals surface area (Å²) in [6, 6.07) is 3.77. The molecule has 0 saturated carbocycles. The maximum Gasteiger partial charge on any atom is 0.416 e. The summed E-state index contributed by atoms with van der Waals surface area (Å²) in [5.74, 6) is 0. The summed E-state index contributed by atoms with van der Waals surface area (Å²) in [5, 5.41) is -0.286. The van der Waals surface area contributed by atoms with Crippen LogP contribution in [0.5, 0.6) is 0 Å². The Hall–Kier alpha value is -1.69. The highest BCUT2D eigenvalue weighted by atomic mass is 35.5. The van der Waals surface area contributed by atoms with Gasteiger partial charge in [0.05, 0.1) is 5.56 Å². The minimum absolute atomic E-state index is 0.0283. The Kier molecular flexibility index (Phi) is 4.52. The molecule has 0 amide bonds. The van der Waals surface area contributed by atoms with Gasteiger partial charge in [-0.3, -0.25) is 4.72 Å². The van der Waals surface area contributed by atoms with Gasteiger partial charge >= 0.3 is 6.18 Å². The second kappa shape index (κ2) is 6.24. The van der Waals surface area contributed by atoms with Crippen molar-refractivity contribution in [1.82, 2.24) is 15.0 Å². The van der Waals surface area contributed by atoms with Crippen molar-refractivity contribution in [3.63, 3.8) is 0 Å². The smallest absolute Gasteiger partial charge is 0.278 e. The normalized spacial score (nSPS) is 12.5. The highest BCUT2D eigenvalue weighted by Gasteiger charge is 2.31. The molecule has 3 aromatic rings. The summed E-state index contributed by atoms with van der Waals surface area (Å²) < 4.78 is 64.7. The predicted octanol–water partition coefficient (Wildman–Crippen LogP) is 4.21. The van der Waals surface area contributed by atoms with Crippen molar-refractivity contribution in [3.05, 3.63) is 40.3 Å². The molecule has 0 fully saturated rings. The van der Waals surface area contributed by atoms with E-state index in [4.69, 9.17) is 23.2 Å². The Morgan fingerprint density at radius 2 is 1.84 bits per heavy atom. The number of thiazole rings is 1. The minimum atomic E-state index is -4.60. The van der Waals surface area contributed by atoms with Gasteiger partial charge in [0.25, 0.3) is 10.0 Å². The van der Waals surface area contributed by atoms with Crippen molar-refractivity contribution in [2.45, 2.75) is 10.5 Å². The molecular weight excluding hydrogens is 424 g/mol. The predicted molar refractivity (Wildman–Crippen MR) is 87.5 cm³/mol. The molecule has 0 atom stereocenters. The van der Waals surface area contributed by atoms with E-state index in [1.807, 2.05) is 4.72 Å². The third-order valence-electron chi connectivity index (χ3n) is 2.84. The van der Waals surface area contributed by atoms with Crippen LogP contribution in [0.2, 0.25) is 10.4 Å². The van der Waals surface area contributed by atoms with E-state index in [-0.39, 0.29) is 26.5 Å². The van der Waals surface area contributed by atoms with Gasteiger partial charge in [-0.1, -0.05) is 29.0 Å². The molecule has 1 N–H and O–H groups in total. The second-order valence-electron chi connectivity index (χ2n) is 4.60. The molecule has 0 aliphatic heterocycles. The molecule has 25 heavy (non-hydrogen) atoms. The van der Waals surface area contributed by atoms with Crippen molar-refractivity contribution in [3.8, 4) is 0 Å². The number of sulfonamides is 1. The quantitative estimate of drug-likeness (QED) is 0.498. The number of benzene rings is 1. The summed E-state index contributed by atoms with van der Waals surface area (Å²) >= 11 is 12.1. The van der Waals surface area contributed by atoms with E-state index in [1.54, 1.807) is 0 Å². The number of hydrogen-bond donors (Lipinski definition) is 1. The van der Waals surface area contributed by atoms with Crippen LogP contribution in [-0.4, -0.2) is 23.4 Å². The summed E-state index contributed by atoms with van der Waals surface area (Å²) in [6.45, 7) is 0. The summed E-state index contributed by atoms with van der Waals surface area (Å²) in [5.41, 5.74) is -1.28. The standard InChI is InChI=1S/C12H5Cl2F3N4O2S2/c13-8-7-9(19-10(14)18-8)20-11(24-7)25(22,23)21-6-3-1-2-5(4-6)12(15,16)17/h1-4,21H. The van der Waals surface area contributed by atoms with E-state index in [2.05, 4.69) is 15.0 Å². The molecule has 2 heterocycles. The van der Waals surface area contributed by atoms with Crippen molar-refractivity contribution >= 4 is 60.6 Å². The van der Waals surface area contributed by atoms with Gasteiger partial charge in [0.15, 0.2) is 10.8 Å². The molecule has 6 nitrogen and oxygen atoms in total. The number of rotatable bonds is 3. The average Bonchev–Trinajstić information content (AvgIpc) is 2.91. The summed E-state index contributed by atoms with van der Waals surface area (Å²) in [6.07, 6.45) is -4.60. The number of aromatic nitrogens is 3. The van der Waals surface area contributed by atoms with E-state index in [0.29, 0.717) is 17.4 Å². The molecule has 0 unspecified atom stereocenters. The van der Waals surface area contributed by atoms with Crippen LogP contribution in [0, 0.1) is 0 Å². The van der Waals surface area contributed by atoms with E-state index in [1.165, 1.54) is 6.07 Å². The van der Waals surface area contributed by atoms with Gasteiger partial charge in [-0.25, -0.2) is 9.97 Å². The number of nitrogens with zero attached hydrogens (tertiary/aromatic N) is 3. The van der Waals surface area contributed by atoms with Gasteiger partial charge in [0.2, 0.25) is 9.62 Å². The lowest BCUT2D eigenvalue weighted by atomic mass is 10.2. The number of hydrogen-bond acceptors (Lipinski definition) is 6. The molecule has 3 rings (SSSR count). The first-order valence-corrected chi connectivity index (χ1v) is 9.31. The van der Waals surface area contributed by atoms with Crippen LogP contribution >= 0.6 is 34.5 Å². The van der Waals surface area contributed by atoms with Crippen LogP contribution in [0.1, 0.15) is 5.56 Å². The zero-order valence-electron chi connectivity index (χ0n) is 11.7. The van der Waals surface area contributed by atoms with Crippen LogP contribution in [0.3, 0.4) is 0 Å². The van der Waals surface area contributed by atoms with Crippen LogP contribution in [-0.2, 0) is 16.2 Å². The van der Waals surface area contributed by atoms with Crippen molar-refractivity contribution in [1.29, 1.82) is 0 Å². The van der Waals surface area contributed by atoms with Crippen LogP contribution < -0.4 is 4.72 Å². The van der Waals surface area contributed by atoms with E-state index in [0.717, 1.165) is 12.1 Å². The molecule has 13 heteroatoms. The molecule has 0 aliphatic carbocycles. The molecule has 0 aliphatic rings. The van der Waals surface area contributed by atoms with Crippen molar-refractivity contribution < 1.29 is 21.6 Å². The largest absolute Gasteiger partial charge is 0.416 e. The molecule has 132 valence electrons. The fourth-order valence-electron chi connectivity index (χ4n) is 1.82. The lowest BCUT2D eigenvalue weighted by Gasteiger charge is -2.09. The Morgan fingerprint density at radius 1 is 1.12 bits per heavy atom. The van der Waals surface area contributed by atoms with Gasteiger partial charge in [-0.2, -0.15) is 26.6 Å². The first-order valence-electron chi connectivity index (χ1n) is 6.26. The number of alkyl halides is 3. The summed E-state index contributed by atoms with van der Waals surface area (Å²) in [4.78, 5) is 11.2. The van der Waals surface area contributed by atoms with E-state index >= 15 is 0 Å². The highest BCUT2D eigenvalue weighted by Crippen LogP contribution is 2.33. The Bertz CT molecular complexity index is 1070. The van der Waals surface area contributed by atoms with E-state index in [9.17, 15) is 21.6 Å². The molecule has 0 bridgehead atoms. The number of fused-ring (bicyclic) bond motifs is 1. The maximum absolute atomic E-state index is 12.7. The van der Waals surface area contributed by atoms with Crippen molar-refractivity contribution in [2.24, 2.45) is 0 Å². The molecular formula is C12H5Cl2F3N4O2S2. The Balaban J connectivity index is 1.99. The first-order chi connectivity index (χ1) is 11.6. The summed E-state index contributed by atoms with van der Waals surface area (Å²) in [7, 11) is -4.25. The minimum Gasteiger partial charge on any atom is -0.278 e. The zero-order valence-corrected chi connectivity index (χ0v) is 14.8.